The van der Waals surface area contributed by atoms with Crippen LogP contribution < -0.4 is 0 Å². The minimum atomic E-state index is 0.0756. The van der Waals surface area contributed by atoms with E-state index in [0.717, 1.165) is 25.3 Å². The standard InChI is InChI=1S/C23H27N3O2/c1-2-21(27)26-14-17-13-24(15-19(17)22(26)16-7-4-3-5-8-16)23(28)20-9-6-12-25(20)18-10-11-18/h3-9,12,17-19,22H,2,10-11,13-15H2,1H3/t17-,19-,22+/m0/s1. The highest BCUT2D eigenvalue weighted by Crippen LogP contribution is 2.45. The molecule has 5 nitrogen and oxygen atoms in total. The fourth-order valence-corrected chi connectivity index (χ4v) is 5.16. The van der Waals surface area contributed by atoms with Crippen molar-refractivity contribution in [1.29, 1.82) is 0 Å². The van der Waals surface area contributed by atoms with Crippen molar-refractivity contribution in [2.75, 3.05) is 19.6 Å². The van der Waals surface area contributed by atoms with Crippen molar-refractivity contribution in [3.63, 3.8) is 0 Å². The lowest BCUT2D eigenvalue weighted by Gasteiger charge is -2.30. The van der Waals surface area contributed by atoms with Gasteiger partial charge in [0.25, 0.3) is 5.91 Å². The zero-order chi connectivity index (χ0) is 19.3. The molecule has 5 heteroatoms. The number of hydrogen-bond acceptors (Lipinski definition) is 2. The molecular formula is C23H27N3O2. The van der Waals surface area contributed by atoms with Crippen LogP contribution in [0.2, 0.25) is 0 Å². The summed E-state index contributed by atoms with van der Waals surface area (Å²) in [7, 11) is 0. The first-order valence-corrected chi connectivity index (χ1v) is 10.5. The van der Waals surface area contributed by atoms with Crippen molar-refractivity contribution in [3.05, 3.63) is 59.9 Å². The maximum Gasteiger partial charge on any atom is 0.270 e. The monoisotopic (exact) mass is 377 g/mol. The molecule has 3 heterocycles. The van der Waals surface area contributed by atoms with Crippen molar-refractivity contribution in [1.82, 2.24) is 14.4 Å². The molecule has 2 saturated heterocycles. The van der Waals surface area contributed by atoms with Crippen molar-refractivity contribution in [2.45, 2.75) is 38.3 Å². The molecule has 1 saturated carbocycles. The van der Waals surface area contributed by atoms with Crippen LogP contribution in [0.5, 0.6) is 0 Å². The Hall–Kier alpha value is -2.56. The van der Waals surface area contributed by atoms with E-state index in [-0.39, 0.29) is 17.9 Å². The second-order valence-corrected chi connectivity index (χ2v) is 8.42. The van der Waals surface area contributed by atoms with Crippen LogP contribution in [0.15, 0.2) is 48.7 Å². The Morgan fingerprint density at radius 1 is 1.00 bits per heavy atom. The summed E-state index contributed by atoms with van der Waals surface area (Å²) in [6, 6.07) is 14.8. The fourth-order valence-electron chi connectivity index (χ4n) is 5.16. The summed E-state index contributed by atoms with van der Waals surface area (Å²) in [6.07, 6.45) is 4.91. The van der Waals surface area contributed by atoms with Crippen molar-refractivity contribution in [2.24, 2.45) is 11.8 Å². The molecule has 0 bridgehead atoms. The Bertz CT molecular complexity index is 886. The number of aromatic nitrogens is 1. The molecule has 0 radical (unpaired) electrons. The van der Waals surface area contributed by atoms with Crippen LogP contribution in [0.3, 0.4) is 0 Å². The summed E-state index contributed by atoms with van der Waals surface area (Å²) < 4.78 is 2.15. The highest BCUT2D eigenvalue weighted by Gasteiger charge is 2.50. The van der Waals surface area contributed by atoms with E-state index in [4.69, 9.17) is 0 Å². The predicted molar refractivity (Wildman–Crippen MR) is 107 cm³/mol. The third kappa shape index (κ3) is 2.84. The Labute approximate surface area is 165 Å². The van der Waals surface area contributed by atoms with Gasteiger partial charge in [0.1, 0.15) is 5.69 Å². The summed E-state index contributed by atoms with van der Waals surface area (Å²) in [4.78, 5) is 29.9. The fraction of sp³-hybridized carbons (Fsp3) is 0.478. The van der Waals surface area contributed by atoms with Crippen LogP contribution in [0.4, 0.5) is 0 Å². The molecule has 1 aliphatic carbocycles. The topological polar surface area (TPSA) is 45.6 Å². The average Bonchev–Trinajstić information content (AvgIpc) is 3.15. The Morgan fingerprint density at radius 2 is 1.79 bits per heavy atom. The Balaban J connectivity index is 1.40. The van der Waals surface area contributed by atoms with Crippen LogP contribution in [0, 0.1) is 11.8 Å². The largest absolute Gasteiger partial charge is 0.340 e. The summed E-state index contributed by atoms with van der Waals surface area (Å²) in [5, 5.41) is 0. The molecule has 3 aliphatic rings. The quantitative estimate of drug-likeness (QED) is 0.819. The first-order valence-electron chi connectivity index (χ1n) is 10.5. The summed E-state index contributed by atoms with van der Waals surface area (Å²) in [5.74, 6) is 1.02. The second-order valence-electron chi connectivity index (χ2n) is 8.42. The van der Waals surface area contributed by atoms with E-state index in [2.05, 4.69) is 21.6 Å². The molecule has 1 aromatic carbocycles. The smallest absolute Gasteiger partial charge is 0.270 e. The number of amides is 2. The maximum absolute atomic E-state index is 13.2. The molecule has 5 rings (SSSR count). The molecule has 146 valence electrons. The predicted octanol–water partition coefficient (Wildman–Crippen LogP) is 3.50. The Kier molecular flexibility index (Phi) is 4.26. The molecule has 2 aliphatic heterocycles. The van der Waals surface area contributed by atoms with Crippen molar-refractivity contribution in [3.8, 4) is 0 Å². The number of likely N-dealkylation sites (tertiary alicyclic amines) is 2. The van der Waals surface area contributed by atoms with E-state index < -0.39 is 0 Å². The van der Waals surface area contributed by atoms with E-state index in [1.54, 1.807) is 0 Å². The van der Waals surface area contributed by atoms with Gasteiger partial charge in [0.15, 0.2) is 0 Å². The van der Waals surface area contributed by atoms with Gasteiger partial charge >= 0.3 is 0 Å². The zero-order valence-corrected chi connectivity index (χ0v) is 16.3. The molecule has 0 N–H and O–H groups in total. The van der Waals surface area contributed by atoms with Gasteiger partial charge in [0.2, 0.25) is 5.91 Å². The summed E-state index contributed by atoms with van der Waals surface area (Å²) >= 11 is 0. The zero-order valence-electron chi connectivity index (χ0n) is 16.3. The summed E-state index contributed by atoms with van der Waals surface area (Å²) in [6.45, 7) is 4.16. The second kappa shape index (κ2) is 6.80. The maximum atomic E-state index is 13.2. The van der Waals surface area contributed by atoms with Gasteiger partial charge < -0.3 is 14.4 Å². The number of benzene rings is 1. The third-order valence-electron chi connectivity index (χ3n) is 6.65. The van der Waals surface area contributed by atoms with Crippen LogP contribution in [0.25, 0.3) is 0 Å². The van der Waals surface area contributed by atoms with E-state index in [1.165, 1.54) is 18.4 Å². The van der Waals surface area contributed by atoms with Crippen LogP contribution in [-0.2, 0) is 4.79 Å². The molecule has 0 spiro atoms. The number of carbonyl (C=O) groups excluding carboxylic acids is 2. The minimum absolute atomic E-state index is 0.0756. The van der Waals surface area contributed by atoms with Crippen LogP contribution in [0.1, 0.15) is 54.3 Å². The van der Waals surface area contributed by atoms with Gasteiger partial charge in [-0.05, 0) is 30.5 Å². The minimum Gasteiger partial charge on any atom is -0.340 e. The third-order valence-corrected chi connectivity index (χ3v) is 6.65. The van der Waals surface area contributed by atoms with Gasteiger partial charge in [-0.1, -0.05) is 37.3 Å². The first-order chi connectivity index (χ1) is 13.7. The molecule has 2 aromatic rings. The molecule has 28 heavy (non-hydrogen) atoms. The van der Waals surface area contributed by atoms with Gasteiger partial charge in [0, 0.05) is 50.1 Å². The van der Waals surface area contributed by atoms with Gasteiger partial charge in [-0.15, -0.1) is 0 Å². The highest BCUT2D eigenvalue weighted by molar-refractivity contribution is 5.93. The molecule has 0 unspecified atom stereocenters. The number of hydrogen-bond donors (Lipinski definition) is 0. The van der Waals surface area contributed by atoms with E-state index in [0.29, 0.717) is 24.3 Å². The van der Waals surface area contributed by atoms with E-state index in [9.17, 15) is 9.59 Å². The molecule has 2 amide bonds. The van der Waals surface area contributed by atoms with Crippen molar-refractivity contribution < 1.29 is 9.59 Å². The van der Waals surface area contributed by atoms with E-state index >= 15 is 0 Å². The van der Waals surface area contributed by atoms with Gasteiger partial charge in [-0.2, -0.15) is 0 Å². The Morgan fingerprint density at radius 3 is 2.50 bits per heavy atom. The molecule has 1 aromatic heterocycles. The number of rotatable bonds is 4. The lowest BCUT2D eigenvalue weighted by molar-refractivity contribution is -0.132. The SMILES string of the molecule is CCC(=O)N1C[C@@H]2CN(C(=O)c3cccn3C3CC3)C[C@@H]2[C@H]1c1ccccc1. The van der Waals surface area contributed by atoms with Gasteiger partial charge in [-0.3, -0.25) is 9.59 Å². The molecular weight excluding hydrogens is 350 g/mol. The molecule has 3 fully saturated rings. The highest BCUT2D eigenvalue weighted by atomic mass is 16.2. The van der Waals surface area contributed by atoms with E-state index in [1.807, 2.05) is 48.4 Å². The normalized spacial score (nSPS) is 26.5. The summed E-state index contributed by atoms with van der Waals surface area (Å²) in [5.41, 5.74) is 2.01. The average molecular weight is 377 g/mol. The van der Waals surface area contributed by atoms with Crippen molar-refractivity contribution >= 4 is 11.8 Å². The molecule has 3 atom stereocenters. The number of carbonyl (C=O) groups is 2. The van der Waals surface area contributed by atoms with Crippen LogP contribution >= 0.6 is 0 Å². The lowest BCUT2D eigenvalue weighted by atomic mass is 9.89. The van der Waals surface area contributed by atoms with Gasteiger partial charge in [0.05, 0.1) is 6.04 Å². The number of fused-ring (bicyclic) bond motifs is 1. The van der Waals surface area contributed by atoms with Crippen LogP contribution in [-0.4, -0.2) is 45.8 Å². The lowest BCUT2D eigenvalue weighted by Crippen LogP contribution is -2.37. The first kappa shape index (κ1) is 17.5. The number of nitrogens with zero attached hydrogens (tertiary/aromatic N) is 3. The van der Waals surface area contributed by atoms with Gasteiger partial charge in [-0.25, -0.2) is 0 Å².